The molecule has 0 aliphatic heterocycles. The van der Waals surface area contributed by atoms with E-state index < -0.39 is 12.0 Å². The largest absolute Gasteiger partial charge is 0.493 e. The second kappa shape index (κ2) is 9.77. The summed E-state index contributed by atoms with van der Waals surface area (Å²) in [4.78, 5) is 16.5. The van der Waals surface area contributed by atoms with Crippen molar-refractivity contribution in [2.75, 3.05) is 6.61 Å². The van der Waals surface area contributed by atoms with Gasteiger partial charge in [0, 0.05) is 29.8 Å². The summed E-state index contributed by atoms with van der Waals surface area (Å²) in [6.07, 6.45) is 1.05. The van der Waals surface area contributed by atoms with Crippen LogP contribution in [0.4, 0.5) is 0 Å². The molecule has 4 rings (SSSR count). The van der Waals surface area contributed by atoms with Gasteiger partial charge in [0.1, 0.15) is 17.6 Å². The van der Waals surface area contributed by atoms with Gasteiger partial charge in [-0.05, 0) is 62.7 Å². The van der Waals surface area contributed by atoms with Crippen molar-refractivity contribution in [3.63, 3.8) is 0 Å². The van der Waals surface area contributed by atoms with Gasteiger partial charge in [0.25, 0.3) is 0 Å². The predicted octanol–water partition coefficient (Wildman–Crippen LogP) is 5.56. The number of carboxylic acid groups (broad SMARTS) is 1. The van der Waals surface area contributed by atoms with Crippen molar-refractivity contribution in [2.24, 2.45) is 0 Å². The summed E-state index contributed by atoms with van der Waals surface area (Å²) in [6.45, 7) is 6.25. The fourth-order valence-electron chi connectivity index (χ4n) is 4.04. The van der Waals surface area contributed by atoms with Gasteiger partial charge >= 0.3 is 5.97 Å². The van der Waals surface area contributed by atoms with Crippen LogP contribution in [0.3, 0.4) is 0 Å². The lowest BCUT2D eigenvalue weighted by Crippen LogP contribution is -2.23. The number of carboxylic acids is 1. The zero-order valence-electron chi connectivity index (χ0n) is 19.1. The van der Waals surface area contributed by atoms with E-state index in [4.69, 9.17) is 9.15 Å². The van der Waals surface area contributed by atoms with E-state index in [9.17, 15) is 9.90 Å². The van der Waals surface area contributed by atoms with Crippen LogP contribution in [0.5, 0.6) is 5.75 Å². The third-order valence-corrected chi connectivity index (χ3v) is 5.80. The molecule has 0 saturated carbocycles. The normalized spacial score (nSPS) is 12.0. The molecule has 2 aromatic carbocycles. The first-order chi connectivity index (χ1) is 15.9. The summed E-state index contributed by atoms with van der Waals surface area (Å²) < 4.78 is 13.6. The van der Waals surface area contributed by atoms with Crippen molar-refractivity contribution < 1.29 is 19.1 Å². The average Bonchev–Trinajstić information content (AvgIpc) is 3.35. The van der Waals surface area contributed by atoms with Gasteiger partial charge in [-0.1, -0.05) is 30.3 Å². The lowest BCUT2D eigenvalue weighted by molar-refractivity contribution is -0.141. The molecule has 0 amide bonds. The minimum absolute atomic E-state index is 0.409. The van der Waals surface area contributed by atoms with Crippen molar-refractivity contribution in [3.05, 3.63) is 95.1 Å². The summed E-state index contributed by atoms with van der Waals surface area (Å²) >= 11 is 0. The number of benzene rings is 2. The second-order valence-corrected chi connectivity index (χ2v) is 8.17. The molecule has 0 saturated heterocycles. The molecule has 4 aromatic rings. The minimum atomic E-state index is -0.837. The molecule has 1 atom stereocenters. The first-order valence-electron chi connectivity index (χ1n) is 11.0. The van der Waals surface area contributed by atoms with E-state index in [1.807, 2.05) is 92.1 Å². The van der Waals surface area contributed by atoms with Crippen molar-refractivity contribution in [2.45, 2.75) is 39.7 Å². The first kappa shape index (κ1) is 22.4. The number of carbonyl (C=O) groups is 1. The van der Waals surface area contributed by atoms with E-state index in [-0.39, 0.29) is 0 Å². The van der Waals surface area contributed by atoms with Crippen LogP contribution in [0.25, 0.3) is 11.5 Å². The molecule has 1 N–H and O–H groups in total. The van der Waals surface area contributed by atoms with Crippen molar-refractivity contribution >= 4 is 5.97 Å². The summed E-state index contributed by atoms with van der Waals surface area (Å²) in [5.74, 6) is 1.32. The van der Waals surface area contributed by atoms with E-state index >= 15 is 0 Å². The monoisotopic (exact) mass is 444 g/mol. The highest BCUT2D eigenvalue weighted by Gasteiger charge is 2.22. The highest BCUT2D eigenvalue weighted by Crippen LogP contribution is 2.24. The van der Waals surface area contributed by atoms with Crippen molar-refractivity contribution in [3.8, 4) is 17.2 Å². The Kier molecular flexibility index (Phi) is 6.63. The Morgan fingerprint density at radius 1 is 1.00 bits per heavy atom. The van der Waals surface area contributed by atoms with Crippen LogP contribution in [0.15, 0.2) is 71.1 Å². The highest BCUT2D eigenvalue weighted by atomic mass is 16.5. The van der Waals surface area contributed by atoms with Crippen LogP contribution in [0.2, 0.25) is 0 Å². The number of aryl methyl sites for hydroxylation is 3. The molecule has 0 aliphatic carbocycles. The number of hydrogen-bond donors (Lipinski definition) is 1. The van der Waals surface area contributed by atoms with Crippen LogP contribution in [0.1, 0.15) is 34.4 Å². The summed E-state index contributed by atoms with van der Waals surface area (Å²) in [5, 5.41) is 9.77. The molecular weight excluding hydrogens is 416 g/mol. The molecule has 0 spiro atoms. The number of oxazole rings is 1. The van der Waals surface area contributed by atoms with Crippen molar-refractivity contribution in [1.82, 2.24) is 9.55 Å². The van der Waals surface area contributed by atoms with E-state index in [2.05, 4.69) is 4.98 Å². The lowest BCUT2D eigenvalue weighted by atomic mass is 10.1. The molecule has 0 unspecified atom stereocenters. The Bertz CT molecular complexity index is 1200. The first-order valence-corrected chi connectivity index (χ1v) is 11.0. The lowest BCUT2D eigenvalue weighted by Gasteiger charge is -2.19. The van der Waals surface area contributed by atoms with E-state index in [1.165, 1.54) is 0 Å². The number of nitrogens with zero attached hydrogens (tertiary/aromatic N) is 2. The summed E-state index contributed by atoms with van der Waals surface area (Å²) in [7, 11) is 0. The maximum absolute atomic E-state index is 11.9. The van der Waals surface area contributed by atoms with Crippen LogP contribution in [-0.4, -0.2) is 27.2 Å². The quantitative estimate of drug-likeness (QED) is 0.366. The minimum Gasteiger partial charge on any atom is -0.493 e. The molecule has 33 heavy (non-hydrogen) atoms. The molecule has 0 aliphatic rings. The van der Waals surface area contributed by atoms with E-state index in [0.717, 1.165) is 39.7 Å². The number of aromatic nitrogens is 2. The molecule has 0 bridgehead atoms. The molecule has 0 radical (unpaired) electrons. The van der Waals surface area contributed by atoms with Crippen LogP contribution in [-0.2, 0) is 17.6 Å². The Hall–Kier alpha value is -3.80. The smallest absolute Gasteiger partial charge is 0.327 e. The molecule has 2 heterocycles. The zero-order chi connectivity index (χ0) is 23.4. The Morgan fingerprint density at radius 3 is 2.30 bits per heavy atom. The fourth-order valence-corrected chi connectivity index (χ4v) is 4.04. The Balaban J connectivity index is 1.36. The van der Waals surface area contributed by atoms with Gasteiger partial charge in [-0.25, -0.2) is 9.78 Å². The maximum atomic E-state index is 11.9. The predicted molar refractivity (Wildman–Crippen MR) is 127 cm³/mol. The average molecular weight is 445 g/mol. The summed E-state index contributed by atoms with van der Waals surface area (Å²) in [6, 6.07) is 20.7. The van der Waals surface area contributed by atoms with E-state index in [1.54, 1.807) is 0 Å². The van der Waals surface area contributed by atoms with Gasteiger partial charge in [0.15, 0.2) is 0 Å². The van der Waals surface area contributed by atoms with Gasteiger partial charge in [-0.15, -0.1) is 0 Å². The molecule has 6 nitrogen and oxygen atoms in total. The standard InChI is InChI=1S/C27H28N2O4/c1-18-9-10-19(2)29(18)25(27(30)31)17-21-11-13-23(14-12-21)32-16-15-24-20(3)33-26(28-24)22-7-5-4-6-8-22/h4-14,25H,15-17H2,1-3H3,(H,30,31)/t25-/m0/s1. The van der Waals surface area contributed by atoms with Gasteiger partial charge in [-0.3, -0.25) is 0 Å². The number of hydrogen-bond acceptors (Lipinski definition) is 4. The second-order valence-electron chi connectivity index (χ2n) is 8.17. The van der Waals surface area contributed by atoms with Gasteiger partial charge < -0.3 is 18.8 Å². The Morgan fingerprint density at radius 2 is 1.67 bits per heavy atom. The maximum Gasteiger partial charge on any atom is 0.327 e. The van der Waals surface area contributed by atoms with Gasteiger partial charge in [0.2, 0.25) is 5.89 Å². The molecular formula is C27H28N2O4. The third kappa shape index (κ3) is 5.17. The van der Waals surface area contributed by atoms with Crippen LogP contribution in [0, 0.1) is 20.8 Å². The number of ether oxygens (including phenoxy) is 1. The van der Waals surface area contributed by atoms with Crippen LogP contribution >= 0.6 is 0 Å². The molecule has 6 heteroatoms. The van der Waals surface area contributed by atoms with Crippen LogP contribution < -0.4 is 4.74 Å². The summed E-state index contributed by atoms with van der Waals surface area (Å²) in [5.41, 5.74) is 4.67. The number of rotatable bonds is 9. The fraction of sp³-hybridized carbons (Fsp3) is 0.259. The molecule has 2 aromatic heterocycles. The SMILES string of the molecule is Cc1oc(-c2ccccc2)nc1CCOc1ccc(C[C@@H](C(=O)O)n2c(C)ccc2C)cc1. The topological polar surface area (TPSA) is 77.5 Å². The highest BCUT2D eigenvalue weighted by molar-refractivity contribution is 5.72. The Labute approximate surface area is 193 Å². The van der Waals surface area contributed by atoms with Gasteiger partial charge in [-0.2, -0.15) is 0 Å². The zero-order valence-corrected chi connectivity index (χ0v) is 19.1. The molecule has 0 fully saturated rings. The van der Waals surface area contributed by atoms with Crippen molar-refractivity contribution in [1.29, 1.82) is 0 Å². The van der Waals surface area contributed by atoms with E-state index in [0.29, 0.717) is 25.3 Å². The number of aliphatic carboxylic acids is 1. The third-order valence-electron chi connectivity index (χ3n) is 5.80. The van der Waals surface area contributed by atoms with Gasteiger partial charge in [0.05, 0.1) is 12.3 Å². The molecule has 170 valence electrons.